The Labute approximate surface area is 131 Å². The van der Waals surface area contributed by atoms with E-state index in [0.717, 1.165) is 16.7 Å². The molecular weight excluding hydrogens is 290 g/mol. The van der Waals surface area contributed by atoms with Crippen molar-refractivity contribution in [2.45, 2.75) is 0 Å². The topological polar surface area (TPSA) is 77.6 Å². The molecule has 4 aromatic heterocycles. The molecule has 0 aliphatic heterocycles. The van der Waals surface area contributed by atoms with E-state index in [9.17, 15) is 0 Å². The summed E-state index contributed by atoms with van der Waals surface area (Å²) < 4.78 is 5.34. The van der Waals surface area contributed by atoms with Crippen LogP contribution in [0.4, 0.5) is 0 Å². The monoisotopic (exact) mass is 301 g/mol. The third kappa shape index (κ3) is 2.69. The van der Waals surface area contributed by atoms with Crippen LogP contribution in [0.1, 0.15) is 0 Å². The van der Waals surface area contributed by atoms with Crippen molar-refractivity contribution in [3.05, 3.63) is 67.4 Å². The number of nitrogens with zero attached hydrogens (tertiary/aromatic N) is 5. The normalized spacial score (nSPS) is 10.6. The van der Waals surface area contributed by atoms with E-state index < -0.39 is 0 Å². The molecule has 0 amide bonds. The van der Waals surface area contributed by atoms with Crippen molar-refractivity contribution in [3.8, 4) is 34.1 Å². The Kier molecular flexibility index (Phi) is 3.32. The summed E-state index contributed by atoms with van der Waals surface area (Å²) in [6, 6.07) is 11.3. The molecule has 4 rings (SSSR count). The van der Waals surface area contributed by atoms with Crippen molar-refractivity contribution >= 4 is 0 Å². The second-order valence-corrected chi connectivity index (χ2v) is 4.84. The Morgan fingerprint density at radius 3 is 2.52 bits per heavy atom. The van der Waals surface area contributed by atoms with E-state index in [1.165, 1.54) is 0 Å². The van der Waals surface area contributed by atoms with Crippen LogP contribution in [-0.2, 0) is 0 Å². The number of hydrogen-bond acceptors (Lipinski definition) is 6. The Morgan fingerprint density at radius 1 is 0.783 bits per heavy atom. The van der Waals surface area contributed by atoms with Crippen LogP contribution in [0.15, 0.2) is 71.9 Å². The van der Waals surface area contributed by atoms with Gasteiger partial charge in [0.25, 0.3) is 5.89 Å². The third-order valence-corrected chi connectivity index (χ3v) is 3.30. The van der Waals surface area contributed by atoms with Crippen LogP contribution in [0.25, 0.3) is 34.1 Å². The maximum atomic E-state index is 5.34. The molecule has 0 spiro atoms. The molecule has 23 heavy (non-hydrogen) atoms. The lowest BCUT2D eigenvalue weighted by molar-refractivity contribution is 0.432. The first-order chi connectivity index (χ1) is 11.4. The van der Waals surface area contributed by atoms with Crippen LogP contribution in [0, 0.1) is 0 Å². The van der Waals surface area contributed by atoms with Gasteiger partial charge in [-0.1, -0.05) is 17.3 Å². The molecule has 0 radical (unpaired) electrons. The lowest BCUT2D eigenvalue weighted by atomic mass is 10.1. The number of aromatic nitrogens is 5. The molecule has 110 valence electrons. The van der Waals surface area contributed by atoms with Crippen LogP contribution in [-0.4, -0.2) is 25.1 Å². The van der Waals surface area contributed by atoms with Gasteiger partial charge in [0.05, 0.1) is 5.56 Å². The van der Waals surface area contributed by atoms with E-state index in [1.807, 2.05) is 36.4 Å². The average molecular weight is 301 g/mol. The summed E-state index contributed by atoms with van der Waals surface area (Å²) in [6.45, 7) is 0. The minimum atomic E-state index is 0.406. The van der Waals surface area contributed by atoms with Gasteiger partial charge in [0.1, 0.15) is 5.69 Å². The maximum absolute atomic E-state index is 5.34. The third-order valence-electron chi connectivity index (χ3n) is 3.30. The van der Waals surface area contributed by atoms with Gasteiger partial charge in [-0.2, -0.15) is 4.98 Å². The van der Waals surface area contributed by atoms with Gasteiger partial charge in [-0.25, -0.2) is 0 Å². The van der Waals surface area contributed by atoms with Crippen LogP contribution in [0.2, 0.25) is 0 Å². The van der Waals surface area contributed by atoms with Crippen LogP contribution < -0.4 is 0 Å². The fourth-order valence-corrected chi connectivity index (χ4v) is 2.19. The first-order valence-corrected chi connectivity index (χ1v) is 7.01. The predicted octanol–water partition coefficient (Wildman–Crippen LogP) is 3.26. The standard InChI is InChI=1S/C17H11N5O/c1-2-7-20-15(5-1)16-21-17(23-22-16)14-8-13(10-19-11-14)12-4-3-6-18-9-12/h1-11H. The van der Waals surface area contributed by atoms with Gasteiger partial charge >= 0.3 is 0 Å². The van der Waals surface area contributed by atoms with E-state index in [4.69, 9.17) is 4.52 Å². The highest BCUT2D eigenvalue weighted by atomic mass is 16.5. The lowest BCUT2D eigenvalue weighted by Crippen LogP contribution is -1.86. The quantitative estimate of drug-likeness (QED) is 0.578. The molecular formula is C17H11N5O. The fourth-order valence-electron chi connectivity index (χ4n) is 2.19. The summed E-state index contributed by atoms with van der Waals surface area (Å²) in [5.74, 6) is 0.858. The van der Waals surface area contributed by atoms with Crippen LogP contribution >= 0.6 is 0 Å². The number of hydrogen-bond donors (Lipinski definition) is 0. The summed E-state index contributed by atoms with van der Waals surface area (Å²) in [6.07, 6.45) is 8.67. The zero-order chi connectivity index (χ0) is 15.5. The molecule has 4 aromatic rings. The molecule has 0 N–H and O–H groups in total. The molecule has 6 heteroatoms. The van der Waals surface area contributed by atoms with E-state index in [2.05, 4.69) is 25.1 Å². The van der Waals surface area contributed by atoms with Crippen molar-refractivity contribution in [1.82, 2.24) is 25.1 Å². The number of pyridine rings is 3. The molecule has 6 nitrogen and oxygen atoms in total. The second kappa shape index (κ2) is 5.76. The van der Waals surface area contributed by atoms with Gasteiger partial charge in [-0.3, -0.25) is 15.0 Å². The van der Waals surface area contributed by atoms with Gasteiger partial charge in [0, 0.05) is 42.1 Å². The van der Waals surface area contributed by atoms with Gasteiger partial charge in [0.15, 0.2) is 0 Å². The maximum Gasteiger partial charge on any atom is 0.259 e. The molecule has 0 bridgehead atoms. The summed E-state index contributed by atoms with van der Waals surface area (Å²) in [4.78, 5) is 17.0. The molecule has 0 aliphatic carbocycles. The average Bonchev–Trinajstić information content (AvgIpc) is 3.14. The summed E-state index contributed by atoms with van der Waals surface area (Å²) in [5, 5.41) is 3.98. The molecule has 0 unspecified atom stereocenters. The predicted molar refractivity (Wildman–Crippen MR) is 84.0 cm³/mol. The SMILES string of the molecule is c1ccc(-c2noc(-c3cncc(-c4cccnc4)c3)n2)nc1. The van der Waals surface area contributed by atoms with Crippen molar-refractivity contribution in [1.29, 1.82) is 0 Å². The summed E-state index contributed by atoms with van der Waals surface area (Å²) in [5.41, 5.74) is 3.33. The molecule has 0 saturated carbocycles. The molecule has 0 fully saturated rings. The minimum Gasteiger partial charge on any atom is -0.333 e. The number of rotatable bonds is 3. The zero-order valence-corrected chi connectivity index (χ0v) is 12.0. The molecule has 4 heterocycles. The highest BCUT2D eigenvalue weighted by Crippen LogP contribution is 2.25. The van der Waals surface area contributed by atoms with Gasteiger partial charge < -0.3 is 4.52 Å². The smallest absolute Gasteiger partial charge is 0.259 e. The Morgan fingerprint density at radius 2 is 1.70 bits per heavy atom. The van der Waals surface area contributed by atoms with Gasteiger partial charge in [-0.15, -0.1) is 0 Å². The first kappa shape index (κ1) is 13.3. The summed E-state index contributed by atoms with van der Waals surface area (Å²) >= 11 is 0. The van der Waals surface area contributed by atoms with E-state index in [0.29, 0.717) is 17.4 Å². The minimum absolute atomic E-state index is 0.406. The van der Waals surface area contributed by atoms with Crippen LogP contribution in [0.5, 0.6) is 0 Å². The van der Waals surface area contributed by atoms with E-state index in [1.54, 1.807) is 31.0 Å². The van der Waals surface area contributed by atoms with Crippen molar-refractivity contribution in [3.63, 3.8) is 0 Å². The van der Waals surface area contributed by atoms with Crippen LogP contribution in [0.3, 0.4) is 0 Å². The zero-order valence-electron chi connectivity index (χ0n) is 12.0. The van der Waals surface area contributed by atoms with Crippen molar-refractivity contribution in [2.75, 3.05) is 0 Å². The van der Waals surface area contributed by atoms with Crippen molar-refractivity contribution in [2.24, 2.45) is 0 Å². The molecule has 0 aromatic carbocycles. The highest BCUT2D eigenvalue weighted by molar-refractivity contribution is 5.68. The van der Waals surface area contributed by atoms with Gasteiger partial charge in [-0.05, 0) is 24.3 Å². The molecule has 0 atom stereocenters. The van der Waals surface area contributed by atoms with Gasteiger partial charge in [0.2, 0.25) is 5.82 Å². The lowest BCUT2D eigenvalue weighted by Gasteiger charge is -2.01. The van der Waals surface area contributed by atoms with E-state index >= 15 is 0 Å². The Hall–Kier alpha value is -3.41. The Bertz CT molecular complexity index is 922. The van der Waals surface area contributed by atoms with Crippen molar-refractivity contribution < 1.29 is 4.52 Å². The first-order valence-electron chi connectivity index (χ1n) is 7.01. The largest absolute Gasteiger partial charge is 0.333 e. The fraction of sp³-hybridized carbons (Fsp3) is 0. The summed E-state index contributed by atoms with van der Waals surface area (Å²) in [7, 11) is 0. The van der Waals surface area contributed by atoms with E-state index in [-0.39, 0.29) is 0 Å². The second-order valence-electron chi connectivity index (χ2n) is 4.84. The Balaban J connectivity index is 1.71. The molecule has 0 saturated heterocycles. The molecule has 0 aliphatic rings. The highest BCUT2D eigenvalue weighted by Gasteiger charge is 2.12.